The summed E-state index contributed by atoms with van der Waals surface area (Å²) < 4.78 is 50.4. The van der Waals surface area contributed by atoms with E-state index < -0.39 is 29.1 Å². The van der Waals surface area contributed by atoms with E-state index in [9.17, 15) is 18.0 Å². The number of para-hydroxylation sites is 1. The fraction of sp³-hybridized carbons (Fsp3) is 0.250. The third-order valence-electron chi connectivity index (χ3n) is 3.79. The van der Waals surface area contributed by atoms with E-state index in [1.807, 2.05) is 0 Å². The molecule has 136 valence electrons. The SMILES string of the molecule is C#CC(C)(CC)Oc1cc(C(=O)Oc2ccccc2)ccc1C(F)(F)F. The van der Waals surface area contributed by atoms with Gasteiger partial charge in [0.05, 0.1) is 11.1 Å². The van der Waals surface area contributed by atoms with Crippen LogP contribution in [0, 0.1) is 12.3 Å². The summed E-state index contributed by atoms with van der Waals surface area (Å²) in [6.45, 7) is 3.20. The minimum absolute atomic E-state index is 0.0765. The predicted molar refractivity (Wildman–Crippen MR) is 91.0 cm³/mol. The number of ether oxygens (including phenoxy) is 2. The molecule has 0 heterocycles. The highest BCUT2D eigenvalue weighted by Gasteiger charge is 2.36. The Morgan fingerprint density at radius 2 is 1.81 bits per heavy atom. The number of halogens is 3. The molecule has 0 aliphatic carbocycles. The summed E-state index contributed by atoms with van der Waals surface area (Å²) in [7, 11) is 0. The second-order valence-corrected chi connectivity index (χ2v) is 5.74. The van der Waals surface area contributed by atoms with Crippen LogP contribution < -0.4 is 9.47 Å². The van der Waals surface area contributed by atoms with Crippen molar-refractivity contribution < 1.29 is 27.4 Å². The summed E-state index contributed by atoms with van der Waals surface area (Å²) in [4.78, 5) is 12.2. The lowest BCUT2D eigenvalue weighted by Crippen LogP contribution is -2.30. The standard InChI is InChI=1S/C20H17F3O3/c1-4-19(3,5-2)26-17-13-14(11-12-16(17)20(21,22)23)18(24)25-15-9-7-6-8-10-15/h1,6-13H,5H2,2-3H3. The van der Waals surface area contributed by atoms with Gasteiger partial charge in [0.25, 0.3) is 0 Å². The quantitative estimate of drug-likeness (QED) is 0.421. The zero-order valence-corrected chi connectivity index (χ0v) is 14.3. The van der Waals surface area contributed by atoms with Gasteiger partial charge in [-0.3, -0.25) is 0 Å². The molecule has 0 radical (unpaired) electrons. The molecule has 0 spiro atoms. The molecule has 0 N–H and O–H groups in total. The van der Waals surface area contributed by atoms with Gasteiger partial charge in [-0.05, 0) is 43.7 Å². The lowest BCUT2D eigenvalue weighted by molar-refractivity contribution is -0.139. The van der Waals surface area contributed by atoms with Crippen molar-refractivity contribution in [1.82, 2.24) is 0 Å². The fourth-order valence-corrected chi connectivity index (χ4v) is 2.07. The van der Waals surface area contributed by atoms with Crippen molar-refractivity contribution in [1.29, 1.82) is 0 Å². The Hall–Kier alpha value is -2.94. The Morgan fingerprint density at radius 3 is 2.35 bits per heavy atom. The average molecular weight is 362 g/mol. The fourth-order valence-electron chi connectivity index (χ4n) is 2.07. The van der Waals surface area contributed by atoms with Gasteiger partial charge in [0.15, 0.2) is 5.60 Å². The van der Waals surface area contributed by atoms with Gasteiger partial charge in [-0.1, -0.05) is 31.0 Å². The highest BCUT2D eigenvalue weighted by Crippen LogP contribution is 2.38. The third-order valence-corrected chi connectivity index (χ3v) is 3.79. The minimum Gasteiger partial charge on any atom is -0.474 e. The van der Waals surface area contributed by atoms with Gasteiger partial charge in [0.2, 0.25) is 0 Å². The molecule has 0 saturated carbocycles. The van der Waals surface area contributed by atoms with Crippen molar-refractivity contribution in [3.63, 3.8) is 0 Å². The van der Waals surface area contributed by atoms with Crippen molar-refractivity contribution >= 4 is 5.97 Å². The van der Waals surface area contributed by atoms with E-state index in [0.717, 1.165) is 18.2 Å². The van der Waals surface area contributed by atoms with Crippen molar-refractivity contribution in [2.45, 2.75) is 32.0 Å². The zero-order valence-electron chi connectivity index (χ0n) is 14.3. The Balaban J connectivity index is 2.39. The van der Waals surface area contributed by atoms with E-state index in [0.29, 0.717) is 6.42 Å². The van der Waals surface area contributed by atoms with Crippen LogP contribution in [0.5, 0.6) is 11.5 Å². The predicted octanol–water partition coefficient (Wildman–Crippen LogP) is 5.11. The van der Waals surface area contributed by atoms with Gasteiger partial charge in [0, 0.05) is 0 Å². The molecule has 2 aromatic carbocycles. The molecule has 0 aliphatic heterocycles. The molecule has 0 amide bonds. The summed E-state index contributed by atoms with van der Waals surface area (Å²) in [6.07, 6.45) is 1.02. The summed E-state index contributed by atoms with van der Waals surface area (Å²) in [6, 6.07) is 11.0. The Morgan fingerprint density at radius 1 is 1.15 bits per heavy atom. The van der Waals surface area contributed by atoms with Crippen molar-refractivity contribution in [3.05, 3.63) is 59.7 Å². The lowest BCUT2D eigenvalue weighted by atomic mass is 10.0. The maximum atomic E-state index is 13.3. The van der Waals surface area contributed by atoms with E-state index >= 15 is 0 Å². The van der Waals surface area contributed by atoms with Gasteiger partial charge >= 0.3 is 12.1 Å². The van der Waals surface area contributed by atoms with Crippen LogP contribution in [0.2, 0.25) is 0 Å². The van der Waals surface area contributed by atoms with Gasteiger partial charge in [0.1, 0.15) is 11.5 Å². The summed E-state index contributed by atoms with van der Waals surface area (Å²) in [5.41, 5.74) is -2.32. The molecular formula is C20H17F3O3. The minimum atomic E-state index is -4.65. The number of carbonyl (C=O) groups is 1. The molecule has 26 heavy (non-hydrogen) atoms. The van der Waals surface area contributed by atoms with Gasteiger partial charge in [-0.2, -0.15) is 13.2 Å². The molecule has 6 heteroatoms. The molecule has 1 unspecified atom stereocenters. The normalized spacial score (nSPS) is 13.4. The largest absolute Gasteiger partial charge is 0.474 e. The van der Waals surface area contributed by atoms with Crippen LogP contribution in [0.15, 0.2) is 48.5 Å². The molecular weight excluding hydrogens is 345 g/mol. The molecule has 1 atom stereocenters. The molecule has 0 bridgehead atoms. The smallest absolute Gasteiger partial charge is 0.419 e. The first-order valence-electron chi connectivity index (χ1n) is 7.84. The number of rotatable bonds is 5. The second kappa shape index (κ2) is 7.52. The van der Waals surface area contributed by atoms with Crippen LogP contribution in [0.25, 0.3) is 0 Å². The molecule has 0 aliphatic rings. The summed E-state index contributed by atoms with van der Waals surface area (Å²) in [5, 5.41) is 0. The number of hydrogen-bond acceptors (Lipinski definition) is 3. The summed E-state index contributed by atoms with van der Waals surface area (Å²) >= 11 is 0. The Labute approximate surface area is 149 Å². The van der Waals surface area contributed by atoms with Crippen LogP contribution in [0.3, 0.4) is 0 Å². The van der Waals surface area contributed by atoms with E-state index in [2.05, 4.69) is 5.92 Å². The first-order chi connectivity index (χ1) is 12.2. The van der Waals surface area contributed by atoms with Gasteiger partial charge in [-0.25, -0.2) is 4.79 Å². The number of benzene rings is 2. The first kappa shape index (κ1) is 19.4. The van der Waals surface area contributed by atoms with Gasteiger partial charge in [-0.15, -0.1) is 6.42 Å². The maximum Gasteiger partial charge on any atom is 0.419 e. The van der Waals surface area contributed by atoms with Crippen molar-refractivity contribution in [3.8, 4) is 23.8 Å². The monoisotopic (exact) mass is 362 g/mol. The average Bonchev–Trinajstić information content (AvgIpc) is 2.61. The van der Waals surface area contributed by atoms with E-state index in [4.69, 9.17) is 15.9 Å². The number of carbonyl (C=O) groups excluding carboxylic acids is 1. The van der Waals surface area contributed by atoms with Crippen LogP contribution in [0.4, 0.5) is 13.2 Å². The van der Waals surface area contributed by atoms with Crippen molar-refractivity contribution in [2.75, 3.05) is 0 Å². The second-order valence-electron chi connectivity index (χ2n) is 5.74. The van der Waals surface area contributed by atoms with Crippen molar-refractivity contribution in [2.24, 2.45) is 0 Å². The lowest BCUT2D eigenvalue weighted by Gasteiger charge is -2.26. The Bertz CT molecular complexity index is 822. The molecule has 0 aromatic heterocycles. The summed E-state index contributed by atoms with van der Waals surface area (Å²) in [5.74, 6) is 1.31. The van der Waals surface area contributed by atoms with E-state index in [-0.39, 0.29) is 11.3 Å². The van der Waals surface area contributed by atoms with Crippen LogP contribution >= 0.6 is 0 Å². The van der Waals surface area contributed by atoms with Crippen LogP contribution in [-0.4, -0.2) is 11.6 Å². The third kappa shape index (κ3) is 4.57. The van der Waals surface area contributed by atoms with E-state index in [1.165, 1.54) is 6.92 Å². The van der Waals surface area contributed by atoms with Crippen LogP contribution in [-0.2, 0) is 6.18 Å². The number of hydrogen-bond donors (Lipinski definition) is 0. The molecule has 2 rings (SSSR count). The zero-order chi connectivity index (χ0) is 19.4. The number of terminal acetylenes is 1. The maximum absolute atomic E-state index is 13.3. The number of esters is 1. The molecule has 0 fully saturated rings. The Kier molecular flexibility index (Phi) is 5.61. The molecule has 3 nitrogen and oxygen atoms in total. The molecule has 0 saturated heterocycles. The van der Waals surface area contributed by atoms with E-state index in [1.54, 1.807) is 37.3 Å². The topological polar surface area (TPSA) is 35.5 Å². The number of alkyl halides is 3. The van der Waals surface area contributed by atoms with Crippen LogP contribution in [0.1, 0.15) is 36.2 Å². The highest BCUT2D eigenvalue weighted by atomic mass is 19.4. The van der Waals surface area contributed by atoms with Gasteiger partial charge < -0.3 is 9.47 Å². The first-order valence-corrected chi connectivity index (χ1v) is 7.84. The highest BCUT2D eigenvalue weighted by molar-refractivity contribution is 5.91. The molecule has 2 aromatic rings.